The normalized spacial score (nSPS) is 12.9. The highest BCUT2D eigenvalue weighted by Gasteiger charge is 2.05. The van der Waals surface area contributed by atoms with Gasteiger partial charge in [-0.05, 0) is 24.0 Å². The quantitative estimate of drug-likeness (QED) is 0.697. The maximum atomic E-state index is 8.58. The maximum Gasteiger partial charge on any atom is 0.0698 e. The molecule has 0 bridgehead atoms. The lowest BCUT2D eigenvalue weighted by Crippen LogP contribution is -2.23. The summed E-state index contributed by atoms with van der Waals surface area (Å²) in [7, 11) is 0. The molecule has 1 aromatic rings. The van der Waals surface area contributed by atoms with E-state index in [1.165, 1.54) is 11.1 Å². The third-order valence-electron chi connectivity index (χ3n) is 3.04. The molecule has 0 radical (unpaired) electrons. The molecule has 0 spiro atoms. The van der Waals surface area contributed by atoms with Crippen molar-refractivity contribution in [2.24, 2.45) is 0 Å². The Morgan fingerprint density at radius 1 is 1.06 bits per heavy atom. The van der Waals surface area contributed by atoms with E-state index in [2.05, 4.69) is 50.4 Å². The standard InChI is InChI=1S/C15H25NO2/c1-12(2)14-4-6-15(7-5-14)13(3)16-8-10-18-11-9-17/h4-7,12-13,16-17H,8-11H2,1-3H3. The van der Waals surface area contributed by atoms with E-state index in [-0.39, 0.29) is 6.61 Å². The molecule has 1 aromatic carbocycles. The number of hydrogen-bond donors (Lipinski definition) is 2. The van der Waals surface area contributed by atoms with Gasteiger partial charge in [0.05, 0.1) is 19.8 Å². The Hall–Kier alpha value is -0.900. The smallest absolute Gasteiger partial charge is 0.0698 e. The van der Waals surface area contributed by atoms with E-state index in [0.717, 1.165) is 6.54 Å². The summed E-state index contributed by atoms with van der Waals surface area (Å²) in [5, 5.41) is 12.0. The van der Waals surface area contributed by atoms with E-state index < -0.39 is 0 Å². The predicted octanol–water partition coefficient (Wildman–Crippen LogP) is 2.47. The molecule has 0 aliphatic carbocycles. The van der Waals surface area contributed by atoms with Crippen molar-refractivity contribution in [1.29, 1.82) is 0 Å². The zero-order valence-corrected chi connectivity index (χ0v) is 11.6. The second-order valence-corrected chi connectivity index (χ2v) is 4.83. The van der Waals surface area contributed by atoms with Gasteiger partial charge in [0.25, 0.3) is 0 Å². The van der Waals surface area contributed by atoms with Crippen molar-refractivity contribution in [2.45, 2.75) is 32.7 Å². The first-order chi connectivity index (χ1) is 8.65. The Labute approximate surface area is 110 Å². The van der Waals surface area contributed by atoms with Gasteiger partial charge in [-0.25, -0.2) is 0 Å². The minimum absolute atomic E-state index is 0.0895. The van der Waals surface area contributed by atoms with Crippen molar-refractivity contribution in [3.8, 4) is 0 Å². The van der Waals surface area contributed by atoms with E-state index in [1.807, 2.05) is 0 Å². The van der Waals surface area contributed by atoms with Crippen LogP contribution in [-0.2, 0) is 4.74 Å². The molecule has 0 aliphatic heterocycles. The lowest BCUT2D eigenvalue weighted by atomic mass is 10.00. The van der Waals surface area contributed by atoms with Crippen molar-refractivity contribution in [1.82, 2.24) is 5.32 Å². The van der Waals surface area contributed by atoms with Gasteiger partial charge in [0.2, 0.25) is 0 Å². The molecule has 2 N–H and O–H groups in total. The van der Waals surface area contributed by atoms with Crippen LogP contribution in [0.3, 0.4) is 0 Å². The predicted molar refractivity (Wildman–Crippen MR) is 74.9 cm³/mol. The van der Waals surface area contributed by atoms with Crippen LogP contribution in [0.15, 0.2) is 24.3 Å². The van der Waals surface area contributed by atoms with Gasteiger partial charge in [-0.15, -0.1) is 0 Å². The highest BCUT2D eigenvalue weighted by molar-refractivity contribution is 5.26. The second kappa shape index (κ2) is 8.25. The first-order valence-corrected chi connectivity index (χ1v) is 6.67. The molecule has 0 aromatic heterocycles. The average Bonchev–Trinajstić information content (AvgIpc) is 2.38. The summed E-state index contributed by atoms with van der Waals surface area (Å²) in [6.45, 7) is 8.49. The van der Waals surface area contributed by atoms with Crippen LogP contribution < -0.4 is 5.32 Å². The first kappa shape index (κ1) is 15.2. The second-order valence-electron chi connectivity index (χ2n) is 4.83. The highest BCUT2D eigenvalue weighted by atomic mass is 16.5. The summed E-state index contributed by atoms with van der Waals surface area (Å²) in [6, 6.07) is 9.08. The van der Waals surface area contributed by atoms with Gasteiger partial charge in [0, 0.05) is 12.6 Å². The van der Waals surface area contributed by atoms with Crippen LogP contribution in [0.2, 0.25) is 0 Å². The third-order valence-corrected chi connectivity index (χ3v) is 3.04. The monoisotopic (exact) mass is 251 g/mol. The summed E-state index contributed by atoms with van der Waals surface area (Å²) >= 11 is 0. The zero-order valence-electron chi connectivity index (χ0n) is 11.6. The van der Waals surface area contributed by atoms with Crippen LogP contribution in [0.1, 0.15) is 43.9 Å². The van der Waals surface area contributed by atoms with Gasteiger partial charge in [-0.2, -0.15) is 0 Å². The fraction of sp³-hybridized carbons (Fsp3) is 0.600. The van der Waals surface area contributed by atoms with E-state index in [9.17, 15) is 0 Å². The molecular weight excluding hydrogens is 226 g/mol. The average molecular weight is 251 g/mol. The van der Waals surface area contributed by atoms with Crippen molar-refractivity contribution in [3.63, 3.8) is 0 Å². The number of ether oxygens (including phenoxy) is 1. The number of aliphatic hydroxyl groups excluding tert-OH is 1. The minimum atomic E-state index is 0.0895. The Balaban J connectivity index is 2.34. The Bertz CT molecular complexity index is 322. The molecule has 3 nitrogen and oxygen atoms in total. The first-order valence-electron chi connectivity index (χ1n) is 6.67. The molecule has 18 heavy (non-hydrogen) atoms. The molecule has 1 atom stereocenters. The van der Waals surface area contributed by atoms with Crippen LogP contribution in [0.4, 0.5) is 0 Å². The lowest BCUT2D eigenvalue weighted by molar-refractivity contribution is 0.0928. The van der Waals surface area contributed by atoms with Crippen LogP contribution in [0.25, 0.3) is 0 Å². The molecule has 0 amide bonds. The molecule has 0 heterocycles. The summed E-state index contributed by atoms with van der Waals surface area (Å²) in [6.07, 6.45) is 0. The van der Waals surface area contributed by atoms with Gasteiger partial charge < -0.3 is 15.2 Å². The highest BCUT2D eigenvalue weighted by Crippen LogP contribution is 2.18. The molecule has 0 aliphatic rings. The van der Waals surface area contributed by atoms with E-state index in [1.54, 1.807) is 0 Å². The number of hydrogen-bond acceptors (Lipinski definition) is 3. The topological polar surface area (TPSA) is 41.5 Å². The molecule has 0 saturated heterocycles. The lowest BCUT2D eigenvalue weighted by Gasteiger charge is -2.15. The van der Waals surface area contributed by atoms with Crippen LogP contribution in [-0.4, -0.2) is 31.5 Å². The summed E-state index contributed by atoms with van der Waals surface area (Å²) < 4.78 is 5.21. The Morgan fingerprint density at radius 2 is 1.67 bits per heavy atom. The van der Waals surface area contributed by atoms with Crippen LogP contribution >= 0.6 is 0 Å². The fourth-order valence-electron chi connectivity index (χ4n) is 1.80. The number of nitrogens with one attached hydrogen (secondary N) is 1. The van der Waals surface area contributed by atoms with E-state index in [0.29, 0.717) is 25.2 Å². The van der Waals surface area contributed by atoms with Gasteiger partial charge in [0.15, 0.2) is 0 Å². The SMILES string of the molecule is CC(C)c1ccc(C(C)NCCOCCO)cc1. The van der Waals surface area contributed by atoms with Gasteiger partial charge in [-0.3, -0.25) is 0 Å². The summed E-state index contributed by atoms with van der Waals surface area (Å²) in [5.41, 5.74) is 2.67. The van der Waals surface area contributed by atoms with Crippen molar-refractivity contribution in [2.75, 3.05) is 26.4 Å². The molecule has 3 heteroatoms. The summed E-state index contributed by atoms with van der Waals surface area (Å²) in [5.74, 6) is 0.578. The largest absolute Gasteiger partial charge is 0.394 e. The number of rotatable bonds is 8. The molecular formula is C15H25NO2. The zero-order chi connectivity index (χ0) is 13.4. The summed E-state index contributed by atoms with van der Waals surface area (Å²) in [4.78, 5) is 0. The Morgan fingerprint density at radius 3 is 2.22 bits per heavy atom. The van der Waals surface area contributed by atoms with Crippen LogP contribution in [0, 0.1) is 0 Å². The Kier molecular flexibility index (Phi) is 6.94. The molecule has 0 fully saturated rings. The molecule has 102 valence electrons. The van der Waals surface area contributed by atoms with Crippen molar-refractivity contribution < 1.29 is 9.84 Å². The van der Waals surface area contributed by atoms with Gasteiger partial charge >= 0.3 is 0 Å². The molecule has 0 saturated carbocycles. The van der Waals surface area contributed by atoms with Gasteiger partial charge in [0.1, 0.15) is 0 Å². The van der Waals surface area contributed by atoms with Crippen LogP contribution in [0.5, 0.6) is 0 Å². The molecule has 1 unspecified atom stereocenters. The van der Waals surface area contributed by atoms with Gasteiger partial charge in [-0.1, -0.05) is 38.1 Å². The van der Waals surface area contributed by atoms with Crippen molar-refractivity contribution in [3.05, 3.63) is 35.4 Å². The third kappa shape index (κ3) is 5.17. The maximum absolute atomic E-state index is 8.58. The van der Waals surface area contributed by atoms with E-state index >= 15 is 0 Å². The number of benzene rings is 1. The number of aliphatic hydroxyl groups is 1. The minimum Gasteiger partial charge on any atom is -0.394 e. The van der Waals surface area contributed by atoms with Crippen molar-refractivity contribution >= 4 is 0 Å². The molecule has 1 rings (SSSR count). The van der Waals surface area contributed by atoms with E-state index in [4.69, 9.17) is 9.84 Å². The fourth-order valence-corrected chi connectivity index (χ4v) is 1.80.